The molecule has 16 heavy (non-hydrogen) atoms. The molecule has 0 saturated carbocycles. The van der Waals surface area contributed by atoms with Crippen molar-refractivity contribution in [2.75, 3.05) is 34.2 Å². The Hall–Kier alpha value is -0.0300. The molecule has 1 N–H and O–H groups in total. The van der Waals surface area contributed by atoms with Gasteiger partial charge in [0.05, 0.1) is 39.8 Å². The van der Waals surface area contributed by atoms with Gasteiger partial charge in [0, 0.05) is 6.42 Å². The monoisotopic (exact) mass is 270 g/mol. The van der Waals surface area contributed by atoms with E-state index in [9.17, 15) is 4.79 Å². The highest BCUT2D eigenvalue weighted by atomic mass is 35.5. The predicted octanol–water partition coefficient (Wildman–Crippen LogP) is 1.59. The van der Waals surface area contributed by atoms with Crippen molar-refractivity contribution in [1.29, 1.82) is 0 Å². The smallest absolute Gasteiger partial charge is 0.222 e. The maximum Gasteiger partial charge on any atom is 0.222 e. The molecule has 96 valence electrons. The average molecular weight is 271 g/mol. The largest absolute Gasteiger partial charge is 0.350 e. The number of hydrogen-bond acceptors (Lipinski definition) is 2. The van der Waals surface area contributed by atoms with E-state index in [-0.39, 0.29) is 12.3 Å². The lowest BCUT2D eigenvalue weighted by Crippen LogP contribution is -2.44. The van der Waals surface area contributed by atoms with Crippen LogP contribution >= 0.6 is 23.6 Å². The van der Waals surface area contributed by atoms with Crippen molar-refractivity contribution in [3.8, 4) is 0 Å². The molecule has 0 aromatic carbocycles. The zero-order valence-electron chi connectivity index (χ0n) is 10.7. The van der Waals surface area contributed by atoms with Crippen LogP contribution in [0, 0.1) is 0 Å². The molecule has 0 unspecified atom stereocenters. The highest BCUT2D eigenvalue weighted by Gasteiger charge is 2.27. The number of halogens is 2. The van der Waals surface area contributed by atoms with Gasteiger partial charge in [0.2, 0.25) is 5.91 Å². The lowest BCUT2D eigenvalue weighted by Gasteiger charge is -2.27. The van der Waals surface area contributed by atoms with Crippen LogP contribution in [-0.4, -0.2) is 54.1 Å². The fourth-order valence-electron chi connectivity index (χ4n) is 1.05. The molecular formula is C10H22Cl2N3O+. The van der Waals surface area contributed by atoms with Crippen LogP contribution in [0.3, 0.4) is 0 Å². The quantitative estimate of drug-likeness (QED) is 0.587. The SMILES string of the molecule is CC(C)(CC(=O)NCC[N+](C)(C)C)N(Cl)Cl. The van der Waals surface area contributed by atoms with Gasteiger partial charge in [-0.3, -0.25) is 4.79 Å². The Bertz CT molecular complexity index is 237. The standard InChI is InChI=1S/C10H21Cl2N3O/c1-10(2,14(11)12)8-9(16)13-6-7-15(3,4)5/h6-8H2,1-5H3/p+1. The molecule has 0 atom stereocenters. The third-order valence-corrected chi connectivity index (χ3v) is 3.07. The molecule has 0 aromatic rings. The van der Waals surface area contributed by atoms with Crippen molar-refractivity contribution in [2.45, 2.75) is 25.8 Å². The number of hydrogen-bond donors (Lipinski definition) is 1. The van der Waals surface area contributed by atoms with Crippen molar-refractivity contribution in [1.82, 2.24) is 9.25 Å². The number of carbonyl (C=O) groups is 1. The second kappa shape index (κ2) is 6.05. The van der Waals surface area contributed by atoms with Crippen molar-refractivity contribution in [3.05, 3.63) is 0 Å². The number of amides is 1. The van der Waals surface area contributed by atoms with Crippen LogP contribution in [0.25, 0.3) is 0 Å². The Kier molecular flexibility index (Phi) is 6.04. The minimum absolute atomic E-state index is 0.0373. The summed E-state index contributed by atoms with van der Waals surface area (Å²) in [6.07, 6.45) is 0.275. The van der Waals surface area contributed by atoms with Gasteiger partial charge in [0.25, 0.3) is 0 Å². The van der Waals surface area contributed by atoms with Gasteiger partial charge in [-0.25, -0.2) is 0 Å². The van der Waals surface area contributed by atoms with Crippen LogP contribution in [0.4, 0.5) is 0 Å². The molecule has 0 rings (SSSR count). The van der Waals surface area contributed by atoms with Crippen LogP contribution in [0.1, 0.15) is 20.3 Å². The van der Waals surface area contributed by atoms with Gasteiger partial charge in [-0.05, 0) is 37.4 Å². The van der Waals surface area contributed by atoms with Crippen molar-refractivity contribution in [3.63, 3.8) is 0 Å². The Morgan fingerprint density at radius 3 is 2.19 bits per heavy atom. The van der Waals surface area contributed by atoms with Crippen molar-refractivity contribution < 1.29 is 9.28 Å². The molecule has 0 radical (unpaired) electrons. The predicted molar refractivity (Wildman–Crippen MR) is 68.2 cm³/mol. The minimum atomic E-state index is -0.552. The fraction of sp³-hybridized carbons (Fsp3) is 0.900. The molecule has 4 nitrogen and oxygen atoms in total. The molecule has 0 bridgehead atoms. The maximum atomic E-state index is 11.6. The van der Waals surface area contributed by atoms with Gasteiger partial charge in [0.1, 0.15) is 0 Å². The molecule has 0 heterocycles. The van der Waals surface area contributed by atoms with E-state index < -0.39 is 5.54 Å². The molecule has 0 aliphatic rings. The summed E-state index contributed by atoms with van der Waals surface area (Å²) < 4.78 is 1.84. The van der Waals surface area contributed by atoms with Crippen LogP contribution in [0.5, 0.6) is 0 Å². The lowest BCUT2D eigenvalue weighted by molar-refractivity contribution is -0.869. The molecule has 0 aliphatic carbocycles. The molecule has 0 spiro atoms. The molecule has 0 aromatic heterocycles. The van der Waals surface area contributed by atoms with E-state index in [0.29, 0.717) is 6.54 Å². The summed E-state index contributed by atoms with van der Waals surface area (Å²) >= 11 is 11.3. The fourth-order valence-corrected chi connectivity index (χ4v) is 1.17. The second-order valence-corrected chi connectivity index (χ2v) is 6.44. The lowest BCUT2D eigenvalue weighted by atomic mass is 10.0. The first-order valence-corrected chi connectivity index (χ1v) is 5.91. The van der Waals surface area contributed by atoms with Gasteiger partial charge >= 0.3 is 0 Å². The number of rotatable bonds is 6. The number of carbonyl (C=O) groups excluding carboxylic acids is 1. The summed E-state index contributed by atoms with van der Waals surface area (Å²) in [5.74, 6) is -0.0373. The Morgan fingerprint density at radius 1 is 1.31 bits per heavy atom. The average Bonchev–Trinajstić information content (AvgIpc) is 1.99. The number of likely N-dealkylation sites (N-methyl/N-ethyl adjacent to an activating group) is 1. The first kappa shape index (κ1) is 16.0. The number of nitrogens with zero attached hydrogens (tertiary/aromatic N) is 2. The van der Waals surface area contributed by atoms with E-state index in [1.807, 2.05) is 13.8 Å². The molecular weight excluding hydrogens is 249 g/mol. The van der Waals surface area contributed by atoms with Gasteiger partial charge < -0.3 is 9.80 Å². The van der Waals surface area contributed by atoms with Crippen LogP contribution in [0.2, 0.25) is 0 Å². The Balaban J connectivity index is 3.93. The van der Waals surface area contributed by atoms with Crippen molar-refractivity contribution in [2.24, 2.45) is 0 Å². The molecule has 0 saturated heterocycles. The molecule has 6 heteroatoms. The van der Waals surface area contributed by atoms with E-state index in [1.54, 1.807) is 0 Å². The zero-order valence-corrected chi connectivity index (χ0v) is 12.2. The topological polar surface area (TPSA) is 32.3 Å². The summed E-state index contributed by atoms with van der Waals surface area (Å²) in [6.45, 7) is 5.17. The Labute approximate surface area is 108 Å². The van der Waals surface area contributed by atoms with E-state index in [2.05, 4.69) is 26.5 Å². The van der Waals surface area contributed by atoms with E-state index in [4.69, 9.17) is 23.6 Å². The summed E-state index contributed by atoms with van der Waals surface area (Å²) in [5, 5.41) is 2.85. The van der Waals surface area contributed by atoms with Crippen molar-refractivity contribution >= 4 is 29.5 Å². The van der Waals surface area contributed by atoms with Crippen LogP contribution in [0.15, 0.2) is 0 Å². The normalized spacial score (nSPS) is 13.0. The van der Waals surface area contributed by atoms with E-state index >= 15 is 0 Å². The van der Waals surface area contributed by atoms with Crippen LogP contribution < -0.4 is 5.32 Å². The highest BCUT2D eigenvalue weighted by molar-refractivity contribution is 6.34. The third-order valence-electron chi connectivity index (χ3n) is 2.16. The van der Waals surface area contributed by atoms with Gasteiger partial charge in [0.15, 0.2) is 0 Å². The van der Waals surface area contributed by atoms with Gasteiger partial charge in [-0.1, -0.05) is 0 Å². The molecule has 1 amide bonds. The zero-order chi connectivity index (χ0) is 13.0. The second-order valence-electron chi connectivity index (χ2n) is 5.59. The van der Waals surface area contributed by atoms with Gasteiger partial charge in [-0.2, -0.15) is 0 Å². The highest BCUT2D eigenvalue weighted by Crippen LogP contribution is 2.23. The first-order valence-electron chi connectivity index (χ1n) is 5.23. The third kappa shape index (κ3) is 7.28. The summed E-state index contributed by atoms with van der Waals surface area (Å²) in [6, 6.07) is 0. The summed E-state index contributed by atoms with van der Waals surface area (Å²) in [5.41, 5.74) is -0.552. The molecule has 0 aliphatic heterocycles. The Morgan fingerprint density at radius 2 is 1.81 bits per heavy atom. The van der Waals surface area contributed by atoms with E-state index in [0.717, 1.165) is 15.0 Å². The molecule has 0 fully saturated rings. The first-order chi connectivity index (χ1) is 7.04. The van der Waals surface area contributed by atoms with E-state index in [1.165, 1.54) is 0 Å². The minimum Gasteiger partial charge on any atom is -0.350 e. The number of quaternary nitrogens is 1. The van der Waals surface area contributed by atoms with Gasteiger partial charge in [-0.15, -0.1) is 3.94 Å². The van der Waals surface area contributed by atoms with Crippen LogP contribution in [-0.2, 0) is 4.79 Å². The summed E-state index contributed by atoms with van der Waals surface area (Å²) in [4.78, 5) is 11.6. The summed E-state index contributed by atoms with van der Waals surface area (Å²) in [7, 11) is 6.24. The number of nitrogens with one attached hydrogen (secondary N) is 1. The maximum absolute atomic E-state index is 11.6.